The molecule has 0 aromatic carbocycles. The summed E-state index contributed by atoms with van der Waals surface area (Å²) in [6.07, 6.45) is -6.52. The van der Waals surface area contributed by atoms with Crippen LogP contribution in [-0.2, 0) is 9.84 Å². The lowest BCUT2D eigenvalue weighted by Crippen LogP contribution is -2.56. The summed E-state index contributed by atoms with van der Waals surface area (Å²) >= 11 is 0. The van der Waals surface area contributed by atoms with Gasteiger partial charge in [0.1, 0.15) is 18.3 Å². The number of hydrogen-bond acceptors (Lipinski definition) is 4. The van der Waals surface area contributed by atoms with Gasteiger partial charge in [0.05, 0.1) is 6.10 Å². The van der Waals surface area contributed by atoms with Crippen molar-refractivity contribution in [2.24, 2.45) is 0 Å². The van der Waals surface area contributed by atoms with Gasteiger partial charge in [-0.1, -0.05) is 0 Å². The first-order valence-electron chi connectivity index (χ1n) is 3.39. The van der Waals surface area contributed by atoms with Crippen molar-refractivity contribution in [2.75, 3.05) is 0 Å². The first kappa shape index (κ1) is 8.89. The van der Waals surface area contributed by atoms with Crippen LogP contribution in [0.4, 0.5) is 0 Å². The molecule has 1 saturated heterocycles. The van der Waals surface area contributed by atoms with Crippen LogP contribution in [0, 0.1) is 0 Å². The van der Waals surface area contributed by atoms with E-state index in [0.717, 1.165) is 0 Å². The van der Waals surface area contributed by atoms with Crippen molar-refractivity contribution in [3.05, 3.63) is 0 Å². The van der Waals surface area contributed by atoms with E-state index in [1.807, 2.05) is 0 Å². The topological polar surface area (TPSA) is 89.8 Å². The Hall–Kier alpha value is -0.200. The van der Waals surface area contributed by atoms with Gasteiger partial charge in [-0.3, -0.25) is 0 Å². The third-order valence-electron chi connectivity index (χ3n) is 1.81. The first-order valence-corrected chi connectivity index (χ1v) is 3.39. The second-order valence-corrected chi connectivity index (χ2v) is 2.68. The van der Waals surface area contributed by atoms with Gasteiger partial charge in [0.2, 0.25) is 6.29 Å². The monoisotopic (exact) mass is 163 g/mol. The Kier molecular flexibility index (Phi) is 2.46. The van der Waals surface area contributed by atoms with Gasteiger partial charge in [-0.15, -0.1) is 0 Å². The maximum atomic E-state index is 10.7. The van der Waals surface area contributed by atoms with Crippen molar-refractivity contribution in [1.29, 1.82) is 0 Å². The van der Waals surface area contributed by atoms with Gasteiger partial charge in [0.15, 0.2) is 0 Å². The van der Waals surface area contributed by atoms with Crippen LogP contribution in [0.2, 0.25) is 0 Å². The third kappa shape index (κ3) is 1.52. The molecule has 65 valence electrons. The SMILES string of the molecule is C[C@@H]1O[C@@H]([O])[C@@H](O)[C@H](O)[C@H]1O. The molecule has 1 rings (SSSR count). The molecule has 0 saturated carbocycles. The van der Waals surface area contributed by atoms with Gasteiger partial charge in [0, 0.05) is 0 Å². The van der Waals surface area contributed by atoms with Gasteiger partial charge in [0.25, 0.3) is 0 Å². The Balaban J connectivity index is 2.63. The lowest BCUT2D eigenvalue weighted by Gasteiger charge is -2.35. The minimum Gasteiger partial charge on any atom is -0.388 e. The summed E-state index contributed by atoms with van der Waals surface area (Å²) in [6.45, 7) is 1.46. The zero-order valence-electron chi connectivity index (χ0n) is 6.04. The van der Waals surface area contributed by atoms with Crippen LogP contribution in [0.3, 0.4) is 0 Å². The maximum Gasteiger partial charge on any atom is 0.220 e. The van der Waals surface area contributed by atoms with Crippen molar-refractivity contribution in [3.8, 4) is 0 Å². The molecule has 1 aliphatic heterocycles. The summed E-state index contributed by atoms with van der Waals surface area (Å²) in [6, 6.07) is 0. The van der Waals surface area contributed by atoms with Crippen molar-refractivity contribution < 1.29 is 25.2 Å². The van der Waals surface area contributed by atoms with E-state index in [1.54, 1.807) is 0 Å². The number of aliphatic hydroxyl groups is 3. The van der Waals surface area contributed by atoms with Crippen LogP contribution >= 0.6 is 0 Å². The quantitative estimate of drug-likeness (QED) is 0.395. The molecule has 0 bridgehead atoms. The van der Waals surface area contributed by atoms with Gasteiger partial charge in [-0.25, -0.2) is 0 Å². The van der Waals surface area contributed by atoms with Gasteiger partial charge in [-0.2, -0.15) is 5.11 Å². The number of hydrogen-bond donors (Lipinski definition) is 3. The Morgan fingerprint density at radius 1 is 1.09 bits per heavy atom. The Morgan fingerprint density at radius 3 is 2.18 bits per heavy atom. The molecule has 0 aliphatic carbocycles. The van der Waals surface area contributed by atoms with E-state index in [4.69, 9.17) is 15.3 Å². The molecular weight excluding hydrogens is 152 g/mol. The highest BCUT2D eigenvalue weighted by Gasteiger charge is 2.41. The normalized spacial score (nSPS) is 52.6. The fraction of sp³-hybridized carbons (Fsp3) is 1.00. The Morgan fingerprint density at radius 2 is 1.64 bits per heavy atom. The molecule has 5 heteroatoms. The van der Waals surface area contributed by atoms with Gasteiger partial charge < -0.3 is 20.1 Å². The molecule has 1 fully saturated rings. The predicted molar refractivity (Wildman–Crippen MR) is 33.0 cm³/mol. The summed E-state index contributed by atoms with van der Waals surface area (Å²) in [5.41, 5.74) is 0. The Bertz CT molecular complexity index is 125. The maximum absolute atomic E-state index is 10.7. The number of rotatable bonds is 0. The molecule has 3 N–H and O–H groups in total. The third-order valence-corrected chi connectivity index (χ3v) is 1.81. The molecule has 0 spiro atoms. The van der Waals surface area contributed by atoms with Crippen molar-refractivity contribution in [3.63, 3.8) is 0 Å². The largest absolute Gasteiger partial charge is 0.388 e. The highest BCUT2D eigenvalue weighted by atomic mass is 16.6. The summed E-state index contributed by atoms with van der Waals surface area (Å²) in [7, 11) is 0. The average Bonchev–Trinajstić information content (AvgIpc) is 1.97. The fourth-order valence-corrected chi connectivity index (χ4v) is 1.01. The molecular formula is C6H11O5. The minimum absolute atomic E-state index is 0.726. The fourth-order valence-electron chi connectivity index (χ4n) is 1.01. The summed E-state index contributed by atoms with van der Waals surface area (Å²) in [5, 5.41) is 37.7. The van der Waals surface area contributed by atoms with Crippen LogP contribution in [0.1, 0.15) is 6.92 Å². The molecule has 0 unspecified atom stereocenters. The highest BCUT2D eigenvalue weighted by molar-refractivity contribution is 4.85. The van der Waals surface area contributed by atoms with E-state index in [1.165, 1.54) is 6.92 Å². The minimum atomic E-state index is -1.66. The lowest BCUT2D eigenvalue weighted by atomic mass is 10.0. The summed E-state index contributed by atoms with van der Waals surface area (Å²) < 4.78 is 4.57. The molecule has 0 amide bonds. The van der Waals surface area contributed by atoms with Crippen LogP contribution < -0.4 is 0 Å². The Labute approximate surface area is 63.8 Å². The molecule has 1 aliphatic rings. The summed E-state index contributed by atoms with van der Waals surface area (Å²) in [4.78, 5) is 0. The van der Waals surface area contributed by atoms with E-state index < -0.39 is 30.7 Å². The lowest BCUT2D eigenvalue weighted by molar-refractivity contribution is -0.295. The molecule has 5 atom stereocenters. The van der Waals surface area contributed by atoms with Crippen LogP contribution in [0.5, 0.6) is 0 Å². The zero-order chi connectivity index (χ0) is 8.59. The predicted octanol–water partition coefficient (Wildman–Crippen LogP) is -1.76. The van der Waals surface area contributed by atoms with Crippen molar-refractivity contribution in [2.45, 2.75) is 37.6 Å². The van der Waals surface area contributed by atoms with E-state index >= 15 is 0 Å². The number of aliphatic hydroxyl groups excluding tert-OH is 3. The molecule has 5 nitrogen and oxygen atoms in total. The standard InChI is InChI=1S/C6H11O5/c1-2-3(7)4(8)5(9)6(10)11-2/h2-9H,1H3/t2-,3-,4+,5-,6+/m0/s1. The molecule has 0 aromatic rings. The smallest absolute Gasteiger partial charge is 0.220 e. The van der Waals surface area contributed by atoms with Crippen LogP contribution in [0.15, 0.2) is 0 Å². The van der Waals surface area contributed by atoms with Crippen LogP contribution in [-0.4, -0.2) is 46.0 Å². The number of ether oxygens (including phenoxy) is 1. The molecule has 1 heterocycles. The van der Waals surface area contributed by atoms with E-state index in [0.29, 0.717) is 0 Å². The highest BCUT2D eigenvalue weighted by Crippen LogP contribution is 2.19. The van der Waals surface area contributed by atoms with E-state index in [9.17, 15) is 5.11 Å². The molecule has 0 aromatic heterocycles. The van der Waals surface area contributed by atoms with E-state index in [2.05, 4.69) is 4.74 Å². The zero-order valence-corrected chi connectivity index (χ0v) is 6.04. The van der Waals surface area contributed by atoms with E-state index in [-0.39, 0.29) is 0 Å². The first-order chi connectivity index (χ1) is 5.04. The van der Waals surface area contributed by atoms with Gasteiger partial charge in [-0.05, 0) is 6.92 Å². The van der Waals surface area contributed by atoms with Crippen molar-refractivity contribution >= 4 is 0 Å². The second-order valence-electron chi connectivity index (χ2n) is 2.68. The second kappa shape index (κ2) is 3.04. The molecule has 11 heavy (non-hydrogen) atoms. The van der Waals surface area contributed by atoms with Crippen LogP contribution in [0.25, 0.3) is 0 Å². The van der Waals surface area contributed by atoms with Gasteiger partial charge >= 0.3 is 0 Å². The summed E-state index contributed by atoms with van der Waals surface area (Å²) in [5.74, 6) is 0. The van der Waals surface area contributed by atoms with Crippen molar-refractivity contribution in [1.82, 2.24) is 0 Å². The average molecular weight is 163 g/mol. The molecule has 1 radical (unpaired) electrons.